The van der Waals surface area contributed by atoms with E-state index in [0.29, 0.717) is 35.7 Å². The summed E-state index contributed by atoms with van der Waals surface area (Å²) in [5, 5.41) is 7.31. The lowest BCUT2D eigenvalue weighted by Gasteiger charge is -2.21. The molecule has 2 aromatic heterocycles. The monoisotopic (exact) mass is 314 g/mol. The minimum Gasteiger partial charge on any atom is -0.440 e. The van der Waals surface area contributed by atoms with Gasteiger partial charge in [0.15, 0.2) is 0 Å². The first-order valence-corrected chi connectivity index (χ1v) is 7.78. The van der Waals surface area contributed by atoms with E-state index in [1.54, 1.807) is 25.4 Å². The van der Waals surface area contributed by atoms with E-state index in [2.05, 4.69) is 15.6 Å². The van der Waals surface area contributed by atoms with Crippen LogP contribution >= 0.6 is 0 Å². The molecule has 7 heteroatoms. The fourth-order valence-corrected chi connectivity index (χ4v) is 3.50. The zero-order valence-corrected chi connectivity index (χ0v) is 12.8. The predicted octanol–water partition coefficient (Wildman–Crippen LogP) is 1.04. The van der Waals surface area contributed by atoms with Crippen LogP contribution in [0.15, 0.2) is 22.7 Å². The molecule has 4 rings (SSSR count). The Morgan fingerprint density at radius 2 is 2.35 bits per heavy atom. The van der Waals surface area contributed by atoms with Gasteiger partial charge in [0.05, 0.1) is 0 Å². The third kappa shape index (κ3) is 2.46. The summed E-state index contributed by atoms with van der Waals surface area (Å²) < 4.78 is 5.59. The summed E-state index contributed by atoms with van der Waals surface area (Å²) in [4.78, 5) is 28.7. The van der Waals surface area contributed by atoms with Crippen molar-refractivity contribution in [1.29, 1.82) is 0 Å². The molecular weight excluding hydrogens is 296 g/mol. The Bertz CT molecular complexity index is 772. The van der Waals surface area contributed by atoms with Crippen molar-refractivity contribution in [1.82, 2.24) is 15.6 Å². The average Bonchev–Trinajstić information content (AvgIpc) is 3.27. The van der Waals surface area contributed by atoms with Crippen molar-refractivity contribution in [3.05, 3.63) is 24.0 Å². The van der Waals surface area contributed by atoms with Gasteiger partial charge < -0.3 is 15.1 Å². The van der Waals surface area contributed by atoms with Gasteiger partial charge >= 0.3 is 0 Å². The number of carbonyl (C=O) groups is 2. The van der Waals surface area contributed by atoms with Crippen LogP contribution in [-0.4, -0.2) is 42.5 Å². The molecule has 0 unspecified atom stereocenters. The third-order valence-electron chi connectivity index (χ3n) is 4.74. The minimum atomic E-state index is -0.187. The fraction of sp³-hybridized carbons (Fsp3) is 0.438. The number of anilines is 1. The Labute approximate surface area is 133 Å². The smallest absolute Gasteiger partial charge is 0.270 e. The van der Waals surface area contributed by atoms with Crippen molar-refractivity contribution in [2.24, 2.45) is 0 Å². The van der Waals surface area contributed by atoms with Crippen molar-refractivity contribution < 1.29 is 14.0 Å². The molecule has 2 aromatic rings. The van der Waals surface area contributed by atoms with Crippen LogP contribution < -0.4 is 15.5 Å². The summed E-state index contributed by atoms with van der Waals surface area (Å²) in [5.41, 5.74) is 0.870. The van der Waals surface area contributed by atoms with Gasteiger partial charge in [0.1, 0.15) is 11.3 Å². The van der Waals surface area contributed by atoms with E-state index in [-0.39, 0.29) is 11.9 Å². The lowest BCUT2D eigenvalue weighted by molar-refractivity contribution is -0.107. The van der Waals surface area contributed by atoms with Gasteiger partial charge in [-0.3, -0.25) is 19.5 Å². The highest BCUT2D eigenvalue weighted by molar-refractivity contribution is 5.96. The molecule has 7 nitrogen and oxygen atoms in total. The van der Waals surface area contributed by atoms with Gasteiger partial charge in [0.2, 0.25) is 12.3 Å². The Kier molecular flexibility index (Phi) is 3.30. The molecule has 2 N–H and O–H groups in total. The molecule has 2 amide bonds. The minimum absolute atomic E-state index is 0.173. The Balaban J connectivity index is 1.54. The molecule has 23 heavy (non-hydrogen) atoms. The van der Waals surface area contributed by atoms with Gasteiger partial charge in [0, 0.05) is 48.9 Å². The number of rotatable bonds is 4. The fourth-order valence-electron chi connectivity index (χ4n) is 3.50. The Morgan fingerprint density at radius 3 is 3.04 bits per heavy atom. The Morgan fingerprint density at radius 1 is 1.48 bits per heavy atom. The maximum atomic E-state index is 12.4. The van der Waals surface area contributed by atoms with Gasteiger partial charge in [-0.15, -0.1) is 0 Å². The van der Waals surface area contributed by atoms with Crippen molar-refractivity contribution in [2.45, 2.75) is 37.4 Å². The summed E-state index contributed by atoms with van der Waals surface area (Å²) in [6.45, 7) is 0. The molecule has 2 saturated heterocycles. The van der Waals surface area contributed by atoms with E-state index in [1.165, 1.54) is 11.3 Å². The number of furan rings is 1. The highest BCUT2D eigenvalue weighted by atomic mass is 16.4. The van der Waals surface area contributed by atoms with Gasteiger partial charge in [-0.05, 0) is 19.3 Å². The molecule has 3 atom stereocenters. The largest absolute Gasteiger partial charge is 0.440 e. The molecule has 2 fully saturated rings. The zero-order chi connectivity index (χ0) is 16.0. The molecule has 0 aliphatic carbocycles. The molecule has 0 spiro atoms. The van der Waals surface area contributed by atoms with Crippen molar-refractivity contribution in [3.8, 4) is 0 Å². The van der Waals surface area contributed by atoms with Gasteiger partial charge in [-0.1, -0.05) is 0 Å². The number of nitrogens with one attached hydrogen (secondary N) is 2. The lowest BCUT2D eigenvalue weighted by Crippen LogP contribution is -2.43. The van der Waals surface area contributed by atoms with Crippen LogP contribution in [0.5, 0.6) is 0 Å². The topological polar surface area (TPSA) is 87.5 Å². The second-order valence-corrected chi connectivity index (χ2v) is 6.27. The van der Waals surface area contributed by atoms with Crippen LogP contribution in [0.4, 0.5) is 5.88 Å². The summed E-state index contributed by atoms with van der Waals surface area (Å²) in [6, 6.07) is 4.43. The lowest BCUT2D eigenvalue weighted by atomic mass is 9.95. The molecule has 0 radical (unpaired) electrons. The number of hydrogen-bond donors (Lipinski definition) is 2. The number of amides is 2. The van der Waals surface area contributed by atoms with E-state index in [1.807, 2.05) is 0 Å². The number of carbonyl (C=O) groups excluding carboxylic acids is 2. The van der Waals surface area contributed by atoms with Gasteiger partial charge in [-0.25, -0.2) is 0 Å². The maximum Gasteiger partial charge on any atom is 0.270 e. The second kappa shape index (κ2) is 5.34. The normalized spacial score (nSPS) is 25.7. The number of hydrogen-bond acceptors (Lipinski definition) is 5. The van der Waals surface area contributed by atoms with Crippen LogP contribution in [0.25, 0.3) is 11.0 Å². The first kappa shape index (κ1) is 14.2. The number of pyridine rings is 1. The van der Waals surface area contributed by atoms with Crippen LogP contribution in [0.2, 0.25) is 0 Å². The number of aromatic nitrogens is 1. The highest BCUT2D eigenvalue weighted by Gasteiger charge is 2.39. The average molecular weight is 314 g/mol. The van der Waals surface area contributed by atoms with Crippen molar-refractivity contribution in [2.75, 3.05) is 11.9 Å². The molecule has 0 saturated carbocycles. The standard InChI is InChI=1S/C16H18N4O3/c1-20(8-21)15-4-9-7-17-13(6-14(9)23-15)16(22)19-12-5-10-2-3-11(12)18-10/h4,6-8,10-12,18H,2-3,5H2,1H3,(H,19,22)/t10-,11+,12-/m1/s1. The molecule has 2 bridgehead atoms. The molecule has 120 valence electrons. The van der Waals surface area contributed by atoms with Crippen LogP contribution in [0.3, 0.4) is 0 Å². The van der Waals surface area contributed by atoms with Gasteiger partial charge in [-0.2, -0.15) is 0 Å². The summed E-state index contributed by atoms with van der Waals surface area (Å²) in [5.74, 6) is 0.236. The highest BCUT2D eigenvalue weighted by Crippen LogP contribution is 2.29. The summed E-state index contributed by atoms with van der Waals surface area (Å²) in [6.07, 6.45) is 5.55. The Hall–Kier alpha value is -2.41. The van der Waals surface area contributed by atoms with E-state index < -0.39 is 0 Å². The first-order valence-electron chi connectivity index (χ1n) is 7.78. The maximum absolute atomic E-state index is 12.4. The van der Waals surface area contributed by atoms with Crippen LogP contribution in [0.1, 0.15) is 29.8 Å². The second-order valence-electron chi connectivity index (χ2n) is 6.27. The van der Waals surface area contributed by atoms with E-state index in [0.717, 1.165) is 18.2 Å². The predicted molar refractivity (Wildman–Crippen MR) is 84.3 cm³/mol. The number of fused-ring (bicyclic) bond motifs is 3. The van der Waals surface area contributed by atoms with E-state index in [4.69, 9.17) is 4.42 Å². The van der Waals surface area contributed by atoms with Crippen LogP contribution in [-0.2, 0) is 4.79 Å². The first-order chi connectivity index (χ1) is 11.1. The van der Waals surface area contributed by atoms with Crippen LogP contribution in [0, 0.1) is 0 Å². The summed E-state index contributed by atoms with van der Waals surface area (Å²) >= 11 is 0. The third-order valence-corrected chi connectivity index (χ3v) is 4.74. The zero-order valence-electron chi connectivity index (χ0n) is 12.8. The van der Waals surface area contributed by atoms with E-state index in [9.17, 15) is 9.59 Å². The SMILES string of the molecule is CN(C=O)c1cc2cnc(C(=O)N[C@@H]3C[C@H]4CC[C@@H]3N4)cc2o1. The molecule has 2 aliphatic heterocycles. The summed E-state index contributed by atoms with van der Waals surface area (Å²) in [7, 11) is 1.61. The molecule has 0 aromatic carbocycles. The molecule has 2 aliphatic rings. The van der Waals surface area contributed by atoms with Gasteiger partial charge in [0.25, 0.3) is 5.91 Å². The molecule has 4 heterocycles. The number of nitrogens with zero attached hydrogens (tertiary/aromatic N) is 2. The molecular formula is C16H18N4O3. The van der Waals surface area contributed by atoms with Crippen molar-refractivity contribution >= 4 is 29.2 Å². The van der Waals surface area contributed by atoms with Crippen molar-refractivity contribution in [3.63, 3.8) is 0 Å². The quantitative estimate of drug-likeness (QED) is 0.824. The van der Waals surface area contributed by atoms with E-state index >= 15 is 0 Å².